The molecule has 0 aromatic heterocycles. The Balaban J connectivity index is 1.42. The summed E-state index contributed by atoms with van der Waals surface area (Å²) in [5, 5.41) is 10.5. The summed E-state index contributed by atoms with van der Waals surface area (Å²) >= 11 is 0. The van der Waals surface area contributed by atoms with Crippen LogP contribution in [0.4, 0.5) is 0 Å². The molecule has 3 aliphatic carbocycles. The van der Waals surface area contributed by atoms with Crippen molar-refractivity contribution in [3.8, 4) is 0 Å². The van der Waals surface area contributed by atoms with E-state index in [4.69, 9.17) is 0 Å². The predicted molar refractivity (Wildman–Crippen MR) is 117 cm³/mol. The van der Waals surface area contributed by atoms with Gasteiger partial charge in [-0.3, -0.25) is 0 Å². The molecule has 3 saturated carbocycles. The lowest BCUT2D eigenvalue weighted by Crippen LogP contribution is -2.48. The normalized spacial score (nSPS) is 45.9. The monoisotopic (exact) mass is 388 g/mol. The van der Waals surface area contributed by atoms with Crippen molar-refractivity contribution in [1.29, 1.82) is 0 Å². The average Bonchev–Trinajstić information content (AvgIpc) is 2.98. The second-order valence-corrected chi connectivity index (χ2v) is 11.3. The van der Waals surface area contributed by atoms with Crippen LogP contribution in [0.2, 0.25) is 0 Å². The van der Waals surface area contributed by atoms with Gasteiger partial charge < -0.3 is 14.9 Å². The van der Waals surface area contributed by atoms with Crippen molar-refractivity contribution in [3.63, 3.8) is 0 Å². The summed E-state index contributed by atoms with van der Waals surface area (Å²) in [6.45, 7) is 15.6. The van der Waals surface area contributed by atoms with E-state index >= 15 is 0 Å². The maximum Gasteiger partial charge on any atom is 0.0543 e. The maximum atomic E-state index is 10.5. The molecule has 0 aromatic rings. The van der Waals surface area contributed by atoms with Gasteiger partial charge in [-0.15, -0.1) is 0 Å². The van der Waals surface area contributed by atoms with E-state index in [2.05, 4.69) is 37.3 Å². The van der Waals surface area contributed by atoms with E-state index in [0.717, 1.165) is 24.7 Å². The first-order chi connectivity index (χ1) is 13.3. The molecule has 1 N–H and O–H groups in total. The fourth-order valence-corrected chi connectivity index (χ4v) is 7.33. The Kier molecular flexibility index (Phi) is 5.99. The lowest BCUT2D eigenvalue weighted by Gasteiger charge is -2.53. The zero-order valence-electron chi connectivity index (χ0n) is 18.8. The Morgan fingerprint density at radius 3 is 2.50 bits per heavy atom. The van der Waals surface area contributed by atoms with Gasteiger partial charge >= 0.3 is 0 Å². The minimum atomic E-state index is -0.0642. The van der Waals surface area contributed by atoms with E-state index in [1.807, 2.05) is 0 Å². The smallest absolute Gasteiger partial charge is 0.0543 e. The van der Waals surface area contributed by atoms with Gasteiger partial charge in [-0.05, 0) is 100.0 Å². The molecule has 4 fully saturated rings. The van der Waals surface area contributed by atoms with Crippen molar-refractivity contribution in [2.75, 3.05) is 39.8 Å². The molecule has 0 radical (unpaired) electrons. The van der Waals surface area contributed by atoms with Crippen LogP contribution < -0.4 is 0 Å². The number of hydrogen-bond donors (Lipinski definition) is 1. The Bertz CT molecular complexity index is 569. The topological polar surface area (TPSA) is 26.7 Å². The highest BCUT2D eigenvalue weighted by atomic mass is 16.3. The molecule has 6 atom stereocenters. The summed E-state index contributed by atoms with van der Waals surface area (Å²) in [7, 11) is 2.24. The van der Waals surface area contributed by atoms with E-state index < -0.39 is 0 Å². The molecule has 1 aliphatic heterocycles. The van der Waals surface area contributed by atoms with E-state index in [9.17, 15) is 5.11 Å². The second-order valence-electron chi connectivity index (χ2n) is 11.3. The van der Waals surface area contributed by atoms with Gasteiger partial charge in [0, 0.05) is 26.2 Å². The highest BCUT2D eigenvalue weighted by molar-refractivity contribution is 5.19. The number of likely N-dealkylation sites (N-methyl/N-ethyl adjacent to an activating group) is 1. The van der Waals surface area contributed by atoms with Gasteiger partial charge in [-0.2, -0.15) is 0 Å². The Hall–Kier alpha value is -0.380. The molecule has 0 spiro atoms. The highest BCUT2D eigenvalue weighted by Gasteiger charge is 2.52. The van der Waals surface area contributed by atoms with Gasteiger partial charge in [0.15, 0.2) is 0 Å². The summed E-state index contributed by atoms with van der Waals surface area (Å²) in [5.74, 6) is 2.40. The third kappa shape index (κ3) is 3.84. The van der Waals surface area contributed by atoms with E-state index in [1.165, 1.54) is 83.2 Å². The molecule has 6 unspecified atom stereocenters. The number of piperazine rings is 1. The number of rotatable bonds is 4. The first kappa shape index (κ1) is 20.9. The van der Waals surface area contributed by atoms with E-state index in [0.29, 0.717) is 16.7 Å². The fraction of sp³-hybridized carbons (Fsp3) is 0.920. The quantitative estimate of drug-likeness (QED) is 0.715. The standard InChI is InChI=1S/C25H44N2O/c1-19-5-6-20-17-21(7-10-24(19,20)2)25(3)11-8-23(28)18-22(25)9-12-27-15-13-26(4)14-16-27/h20-23,28H,1,5-18H2,2-4H3. The van der Waals surface area contributed by atoms with Crippen LogP contribution in [0.15, 0.2) is 12.2 Å². The van der Waals surface area contributed by atoms with Crippen molar-refractivity contribution in [3.05, 3.63) is 12.2 Å². The van der Waals surface area contributed by atoms with Crippen LogP contribution in [0.3, 0.4) is 0 Å². The molecule has 0 amide bonds. The van der Waals surface area contributed by atoms with Crippen LogP contribution in [0, 0.1) is 28.6 Å². The molecule has 4 aliphatic rings. The van der Waals surface area contributed by atoms with Gasteiger partial charge in [0.05, 0.1) is 6.10 Å². The summed E-state index contributed by atoms with van der Waals surface area (Å²) < 4.78 is 0. The van der Waals surface area contributed by atoms with Crippen LogP contribution in [0.5, 0.6) is 0 Å². The van der Waals surface area contributed by atoms with Crippen LogP contribution in [0.1, 0.15) is 71.6 Å². The largest absolute Gasteiger partial charge is 0.393 e. The molecule has 0 aromatic carbocycles. The zero-order valence-corrected chi connectivity index (χ0v) is 18.8. The Morgan fingerprint density at radius 1 is 1.00 bits per heavy atom. The van der Waals surface area contributed by atoms with Crippen LogP contribution >= 0.6 is 0 Å². The number of fused-ring (bicyclic) bond motifs is 1. The molecule has 28 heavy (non-hydrogen) atoms. The Morgan fingerprint density at radius 2 is 1.75 bits per heavy atom. The van der Waals surface area contributed by atoms with E-state index in [1.54, 1.807) is 0 Å². The molecule has 3 heteroatoms. The minimum absolute atomic E-state index is 0.0642. The van der Waals surface area contributed by atoms with Gasteiger partial charge in [0.25, 0.3) is 0 Å². The minimum Gasteiger partial charge on any atom is -0.393 e. The second kappa shape index (κ2) is 8.04. The lowest BCUT2D eigenvalue weighted by atomic mass is 9.52. The summed E-state index contributed by atoms with van der Waals surface area (Å²) in [4.78, 5) is 5.11. The summed E-state index contributed by atoms with van der Waals surface area (Å²) in [6.07, 6.45) is 11.3. The molecule has 160 valence electrons. The highest BCUT2D eigenvalue weighted by Crippen LogP contribution is 2.61. The predicted octanol–water partition coefficient (Wildman–Crippen LogP) is 4.56. The van der Waals surface area contributed by atoms with Crippen molar-refractivity contribution in [1.82, 2.24) is 9.80 Å². The van der Waals surface area contributed by atoms with Crippen molar-refractivity contribution < 1.29 is 5.11 Å². The summed E-state index contributed by atoms with van der Waals surface area (Å²) in [6, 6.07) is 0. The van der Waals surface area contributed by atoms with Crippen molar-refractivity contribution >= 4 is 0 Å². The SMILES string of the molecule is C=C1CCC2CC(C3(C)CCC(O)CC3CCN3CCN(C)CC3)CCC12C. The first-order valence-corrected chi connectivity index (χ1v) is 12.1. The number of allylic oxidation sites excluding steroid dienone is 1. The van der Waals surface area contributed by atoms with Gasteiger partial charge in [-0.25, -0.2) is 0 Å². The van der Waals surface area contributed by atoms with Crippen molar-refractivity contribution in [2.45, 2.75) is 77.7 Å². The first-order valence-electron chi connectivity index (χ1n) is 12.1. The fourth-order valence-electron chi connectivity index (χ4n) is 7.33. The number of aliphatic hydroxyl groups is 1. The molecule has 3 nitrogen and oxygen atoms in total. The average molecular weight is 389 g/mol. The number of nitrogens with zero attached hydrogens (tertiary/aromatic N) is 2. The summed E-state index contributed by atoms with van der Waals surface area (Å²) in [5.41, 5.74) is 2.39. The van der Waals surface area contributed by atoms with Crippen molar-refractivity contribution in [2.24, 2.45) is 28.6 Å². The number of hydrogen-bond acceptors (Lipinski definition) is 3. The van der Waals surface area contributed by atoms with Gasteiger partial charge in [0.2, 0.25) is 0 Å². The van der Waals surface area contributed by atoms with E-state index in [-0.39, 0.29) is 6.10 Å². The van der Waals surface area contributed by atoms with Crippen LogP contribution in [0.25, 0.3) is 0 Å². The molecule has 0 bridgehead atoms. The van der Waals surface area contributed by atoms with Crippen LogP contribution in [-0.2, 0) is 0 Å². The lowest BCUT2D eigenvalue weighted by molar-refractivity contribution is -0.0547. The zero-order chi connectivity index (χ0) is 19.9. The number of aliphatic hydroxyl groups excluding tert-OH is 1. The molecule has 4 rings (SSSR count). The molecular formula is C25H44N2O. The maximum absolute atomic E-state index is 10.5. The molecular weight excluding hydrogens is 344 g/mol. The Labute approximate surface area is 173 Å². The van der Waals surface area contributed by atoms with Gasteiger partial charge in [0.1, 0.15) is 0 Å². The molecule has 1 saturated heterocycles. The third-order valence-electron chi connectivity index (χ3n) is 9.91. The van der Waals surface area contributed by atoms with Crippen LogP contribution in [-0.4, -0.2) is 60.8 Å². The third-order valence-corrected chi connectivity index (χ3v) is 9.91. The van der Waals surface area contributed by atoms with Gasteiger partial charge in [-0.1, -0.05) is 26.0 Å². The molecule has 1 heterocycles.